The molecule has 3 aliphatic rings. The largest absolute Gasteiger partial charge is 0.307 e. The van der Waals surface area contributed by atoms with Gasteiger partial charge in [0.2, 0.25) is 0 Å². The van der Waals surface area contributed by atoms with Gasteiger partial charge >= 0.3 is 6.04 Å². The second-order valence-corrected chi connectivity index (χ2v) is 5.89. The van der Waals surface area contributed by atoms with E-state index in [0.717, 1.165) is 38.5 Å². The van der Waals surface area contributed by atoms with Gasteiger partial charge in [0.05, 0.1) is 5.41 Å². The maximum Gasteiger partial charge on any atom is 0.307 e. The fourth-order valence-corrected chi connectivity index (χ4v) is 3.03. The first-order valence-corrected chi connectivity index (χ1v) is 5.25. The summed E-state index contributed by atoms with van der Waals surface area (Å²) in [5.41, 5.74) is -0.574. The van der Waals surface area contributed by atoms with Gasteiger partial charge in [-0.3, -0.25) is 4.79 Å². The minimum absolute atomic E-state index is 0.240. The van der Waals surface area contributed by atoms with Gasteiger partial charge in [-0.05, 0) is 38.5 Å². The lowest BCUT2D eigenvalue weighted by molar-refractivity contribution is -0.145. The van der Waals surface area contributed by atoms with Crippen molar-refractivity contribution in [2.24, 2.45) is 5.41 Å². The first kappa shape index (κ1) is 8.67. The molecule has 0 aliphatic heterocycles. The molecule has 3 saturated carbocycles. The first-order chi connectivity index (χ1) is 5.56. The zero-order chi connectivity index (χ0) is 8.82. The molecule has 2 bridgehead atoms. The minimum Gasteiger partial charge on any atom is -0.261 e. The number of rotatable bonds is 1. The van der Waals surface area contributed by atoms with Crippen LogP contribution in [-0.4, -0.2) is 10.4 Å². The highest BCUT2D eigenvalue weighted by atomic mass is 79.9. The maximum absolute atomic E-state index is 12.7. The second-order valence-electron chi connectivity index (χ2n) is 4.20. The Labute approximate surface area is 79.8 Å². The van der Waals surface area contributed by atoms with Crippen molar-refractivity contribution in [3.8, 4) is 0 Å². The molecule has 0 unspecified atom stereocenters. The molecule has 0 aromatic carbocycles. The molecule has 0 saturated heterocycles. The summed E-state index contributed by atoms with van der Waals surface area (Å²) < 4.78 is 13.0. The zero-order valence-electron chi connectivity index (χ0n) is 6.91. The van der Waals surface area contributed by atoms with Crippen LogP contribution in [0.5, 0.6) is 0 Å². The molecule has 12 heavy (non-hydrogen) atoms. The van der Waals surface area contributed by atoms with Gasteiger partial charge < -0.3 is 0 Å². The molecule has 0 radical (unpaired) electrons. The van der Waals surface area contributed by atoms with Crippen molar-refractivity contribution in [3.05, 3.63) is 0 Å². The average molecular weight is 235 g/mol. The SMILES string of the molecule is O=C(F)C12CCC(Br)(CC1)CC2. The lowest BCUT2D eigenvalue weighted by Gasteiger charge is -2.48. The smallest absolute Gasteiger partial charge is 0.261 e. The number of carbonyl (C=O) groups is 1. The van der Waals surface area contributed by atoms with E-state index in [1.165, 1.54) is 0 Å². The fourth-order valence-electron chi connectivity index (χ4n) is 2.43. The molecule has 0 N–H and O–H groups in total. The standard InChI is InChI=1S/C9H12BrFO/c10-9-4-1-8(2-5-9,3-6-9)7(11)12/h1-6H2. The highest BCUT2D eigenvalue weighted by molar-refractivity contribution is 9.10. The van der Waals surface area contributed by atoms with Gasteiger partial charge in [0, 0.05) is 4.32 Å². The van der Waals surface area contributed by atoms with Crippen molar-refractivity contribution in [2.75, 3.05) is 0 Å². The van der Waals surface area contributed by atoms with Gasteiger partial charge in [-0.15, -0.1) is 0 Å². The Bertz CT molecular complexity index is 202. The number of hydrogen-bond donors (Lipinski definition) is 0. The van der Waals surface area contributed by atoms with Gasteiger partial charge in [0.1, 0.15) is 0 Å². The van der Waals surface area contributed by atoms with Crippen LogP contribution in [0.3, 0.4) is 0 Å². The monoisotopic (exact) mass is 234 g/mol. The molecule has 0 spiro atoms. The molecule has 3 rings (SSSR count). The molecular weight excluding hydrogens is 223 g/mol. The topological polar surface area (TPSA) is 17.1 Å². The van der Waals surface area contributed by atoms with E-state index in [1.54, 1.807) is 0 Å². The Balaban J connectivity index is 2.20. The van der Waals surface area contributed by atoms with E-state index in [-0.39, 0.29) is 4.32 Å². The molecule has 3 aliphatic carbocycles. The summed E-state index contributed by atoms with van der Waals surface area (Å²) in [6.45, 7) is 0. The molecule has 0 atom stereocenters. The molecule has 1 nitrogen and oxygen atoms in total. The maximum atomic E-state index is 12.7. The molecule has 0 heterocycles. The first-order valence-electron chi connectivity index (χ1n) is 4.45. The molecule has 0 aromatic heterocycles. The number of alkyl halides is 1. The quantitative estimate of drug-likeness (QED) is 0.504. The van der Waals surface area contributed by atoms with Crippen LogP contribution in [0.4, 0.5) is 4.39 Å². The van der Waals surface area contributed by atoms with Crippen LogP contribution >= 0.6 is 15.9 Å². The molecule has 68 valence electrons. The van der Waals surface area contributed by atoms with Crippen LogP contribution in [0.1, 0.15) is 38.5 Å². The molecule has 3 fully saturated rings. The zero-order valence-corrected chi connectivity index (χ0v) is 8.49. The van der Waals surface area contributed by atoms with Crippen LogP contribution in [0.15, 0.2) is 0 Å². The summed E-state index contributed by atoms with van der Waals surface area (Å²) in [6.07, 6.45) is 5.11. The Hall–Kier alpha value is 0.0800. The van der Waals surface area contributed by atoms with Gasteiger partial charge in [0.25, 0.3) is 0 Å². The van der Waals surface area contributed by atoms with Crippen LogP contribution in [0, 0.1) is 5.41 Å². The minimum atomic E-state index is -1.07. The molecule has 3 heteroatoms. The highest BCUT2D eigenvalue weighted by Crippen LogP contribution is 2.56. The van der Waals surface area contributed by atoms with Crippen LogP contribution in [0.2, 0.25) is 0 Å². The second kappa shape index (κ2) is 2.53. The van der Waals surface area contributed by atoms with Crippen molar-refractivity contribution in [2.45, 2.75) is 42.8 Å². The molecule has 0 amide bonds. The summed E-state index contributed by atoms with van der Waals surface area (Å²) in [4.78, 5) is 10.8. The average Bonchev–Trinajstić information content (AvgIpc) is 2.06. The number of carbonyl (C=O) groups excluding carboxylic acids is 1. The lowest BCUT2D eigenvalue weighted by atomic mass is 9.61. The number of fused-ring (bicyclic) bond motifs is 3. The van der Waals surface area contributed by atoms with Crippen LogP contribution < -0.4 is 0 Å². The van der Waals surface area contributed by atoms with E-state index >= 15 is 0 Å². The fraction of sp³-hybridized carbons (Fsp3) is 0.889. The molecular formula is C9H12BrFO. The third-order valence-electron chi connectivity index (χ3n) is 3.57. The summed E-state index contributed by atoms with van der Waals surface area (Å²) >= 11 is 3.67. The van der Waals surface area contributed by atoms with Crippen LogP contribution in [-0.2, 0) is 4.79 Å². The molecule has 0 aromatic rings. The predicted octanol–water partition coefficient (Wildman–Crippen LogP) is 2.97. The Kier molecular flexibility index (Phi) is 1.83. The normalized spacial score (nSPS) is 46.2. The van der Waals surface area contributed by atoms with Crippen molar-refractivity contribution in [3.63, 3.8) is 0 Å². The summed E-state index contributed by atoms with van der Waals surface area (Å²) in [6, 6.07) is -1.07. The van der Waals surface area contributed by atoms with E-state index in [9.17, 15) is 9.18 Å². The third kappa shape index (κ3) is 1.13. The number of hydrogen-bond acceptors (Lipinski definition) is 1. The van der Waals surface area contributed by atoms with Crippen molar-refractivity contribution < 1.29 is 9.18 Å². The van der Waals surface area contributed by atoms with Gasteiger partial charge in [-0.25, -0.2) is 0 Å². The highest BCUT2D eigenvalue weighted by Gasteiger charge is 2.51. The Morgan fingerprint density at radius 2 is 1.50 bits per heavy atom. The summed E-state index contributed by atoms with van der Waals surface area (Å²) in [5.74, 6) is 0. The van der Waals surface area contributed by atoms with E-state index in [1.807, 2.05) is 0 Å². The number of halogens is 2. The van der Waals surface area contributed by atoms with E-state index < -0.39 is 11.5 Å². The van der Waals surface area contributed by atoms with E-state index in [2.05, 4.69) is 15.9 Å². The van der Waals surface area contributed by atoms with Crippen LogP contribution in [0.25, 0.3) is 0 Å². The van der Waals surface area contributed by atoms with Crippen molar-refractivity contribution >= 4 is 22.0 Å². The predicted molar refractivity (Wildman–Crippen MR) is 47.9 cm³/mol. The summed E-state index contributed by atoms with van der Waals surface area (Å²) in [5, 5.41) is 0. The Morgan fingerprint density at radius 1 is 1.08 bits per heavy atom. The van der Waals surface area contributed by atoms with Crippen molar-refractivity contribution in [1.82, 2.24) is 0 Å². The van der Waals surface area contributed by atoms with E-state index in [0.29, 0.717) is 0 Å². The van der Waals surface area contributed by atoms with Gasteiger partial charge in [-0.2, -0.15) is 4.39 Å². The lowest BCUT2D eigenvalue weighted by Crippen LogP contribution is -2.45. The summed E-state index contributed by atoms with van der Waals surface area (Å²) in [7, 11) is 0. The van der Waals surface area contributed by atoms with Crippen molar-refractivity contribution in [1.29, 1.82) is 0 Å². The van der Waals surface area contributed by atoms with E-state index in [4.69, 9.17) is 0 Å². The Morgan fingerprint density at radius 3 is 1.83 bits per heavy atom. The third-order valence-corrected chi connectivity index (χ3v) is 4.76. The van der Waals surface area contributed by atoms with Gasteiger partial charge in [0.15, 0.2) is 0 Å². The van der Waals surface area contributed by atoms with Gasteiger partial charge in [-0.1, -0.05) is 15.9 Å².